The van der Waals surface area contributed by atoms with Crippen molar-refractivity contribution in [3.63, 3.8) is 0 Å². The molecule has 1 aliphatic heterocycles. The molecule has 2 heterocycles. The van der Waals surface area contributed by atoms with Crippen LogP contribution >= 0.6 is 0 Å². The molecule has 1 aromatic rings. The standard InChI is InChI=1S/C12H20N4O/c1-15(8-10-6-14-16(2)9-10)12(17)11-4-3-5-13-7-11/h6,9,11,13H,3-5,7-8H2,1-2H3. The first-order valence-corrected chi connectivity index (χ1v) is 6.10. The summed E-state index contributed by atoms with van der Waals surface area (Å²) in [4.78, 5) is 14.0. The summed E-state index contributed by atoms with van der Waals surface area (Å²) in [5, 5.41) is 7.38. The Hall–Kier alpha value is -1.36. The third-order valence-electron chi connectivity index (χ3n) is 3.20. The van der Waals surface area contributed by atoms with Gasteiger partial charge in [0.25, 0.3) is 0 Å². The molecule has 5 heteroatoms. The zero-order valence-corrected chi connectivity index (χ0v) is 10.5. The minimum absolute atomic E-state index is 0.144. The Morgan fingerprint density at radius 3 is 3.12 bits per heavy atom. The Morgan fingerprint density at radius 2 is 2.53 bits per heavy atom. The summed E-state index contributed by atoms with van der Waals surface area (Å²) in [7, 11) is 3.75. The highest BCUT2D eigenvalue weighted by Gasteiger charge is 2.23. The number of nitrogens with one attached hydrogen (secondary N) is 1. The summed E-state index contributed by atoms with van der Waals surface area (Å²) in [6.45, 7) is 2.50. The van der Waals surface area contributed by atoms with Crippen molar-refractivity contribution in [3.05, 3.63) is 18.0 Å². The molecule has 1 N–H and O–H groups in total. The lowest BCUT2D eigenvalue weighted by Crippen LogP contribution is -2.41. The largest absolute Gasteiger partial charge is 0.341 e. The molecule has 0 spiro atoms. The molecule has 0 radical (unpaired) electrons. The van der Waals surface area contributed by atoms with E-state index in [0.717, 1.165) is 31.5 Å². The molecule has 0 saturated carbocycles. The van der Waals surface area contributed by atoms with E-state index in [4.69, 9.17) is 0 Å². The van der Waals surface area contributed by atoms with Gasteiger partial charge in [0.15, 0.2) is 0 Å². The quantitative estimate of drug-likeness (QED) is 0.825. The topological polar surface area (TPSA) is 50.2 Å². The van der Waals surface area contributed by atoms with E-state index in [9.17, 15) is 4.79 Å². The lowest BCUT2D eigenvalue weighted by atomic mass is 9.98. The fraction of sp³-hybridized carbons (Fsp3) is 0.667. The van der Waals surface area contributed by atoms with Gasteiger partial charge >= 0.3 is 0 Å². The van der Waals surface area contributed by atoms with Crippen LogP contribution in [-0.4, -0.2) is 40.7 Å². The smallest absolute Gasteiger partial charge is 0.227 e. The number of hydrogen-bond donors (Lipinski definition) is 1. The van der Waals surface area contributed by atoms with Gasteiger partial charge in [0.2, 0.25) is 5.91 Å². The minimum atomic E-state index is 0.144. The van der Waals surface area contributed by atoms with E-state index in [-0.39, 0.29) is 11.8 Å². The molecule has 5 nitrogen and oxygen atoms in total. The van der Waals surface area contributed by atoms with E-state index in [1.807, 2.05) is 26.5 Å². The summed E-state index contributed by atoms with van der Waals surface area (Å²) in [6, 6.07) is 0. The lowest BCUT2D eigenvalue weighted by molar-refractivity contribution is -0.135. The third-order valence-corrected chi connectivity index (χ3v) is 3.20. The number of nitrogens with zero attached hydrogens (tertiary/aromatic N) is 3. The second-order valence-corrected chi connectivity index (χ2v) is 4.76. The monoisotopic (exact) mass is 236 g/mol. The molecule has 1 fully saturated rings. The Morgan fingerprint density at radius 1 is 1.71 bits per heavy atom. The average molecular weight is 236 g/mol. The maximum Gasteiger partial charge on any atom is 0.227 e. The summed E-state index contributed by atoms with van der Waals surface area (Å²) < 4.78 is 1.76. The molecular formula is C12H20N4O. The van der Waals surface area contributed by atoms with Crippen molar-refractivity contribution in [3.8, 4) is 0 Å². The molecule has 1 aromatic heterocycles. The van der Waals surface area contributed by atoms with Gasteiger partial charge in [0, 0.05) is 38.9 Å². The number of carbonyl (C=O) groups is 1. The lowest BCUT2D eigenvalue weighted by Gasteiger charge is -2.26. The fourth-order valence-electron chi connectivity index (χ4n) is 2.28. The van der Waals surface area contributed by atoms with Gasteiger partial charge in [-0.25, -0.2) is 0 Å². The van der Waals surface area contributed by atoms with Crippen molar-refractivity contribution in [2.75, 3.05) is 20.1 Å². The fourth-order valence-corrected chi connectivity index (χ4v) is 2.28. The third kappa shape index (κ3) is 3.06. The van der Waals surface area contributed by atoms with E-state index in [1.165, 1.54) is 0 Å². The molecule has 0 aliphatic carbocycles. The number of amides is 1. The van der Waals surface area contributed by atoms with Crippen molar-refractivity contribution in [1.29, 1.82) is 0 Å². The van der Waals surface area contributed by atoms with Crippen LogP contribution in [-0.2, 0) is 18.4 Å². The van der Waals surface area contributed by atoms with Crippen LogP contribution in [0.3, 0.4) is 0 Å². The number of rotatable bonds is 3. The summed E-state index contributed by atoms with van der Waals surface area (Å²) in [6.07, 6.45) is 5.85. The Labute approximate surface area is 102 Å². The van der Waals surface area contributed by atoms with Crippen LogP contribution in [0.2, 0.25) is 0 Å². The van der Waals surface area contributed by atoms with Gasteiger partial charge < -0.3 is 10.2 Å². The van der Waals surface area contributed by atoms with Gasteiger partial charge in [-0.05, 0) is 19.4 Å². The molecule has 94 valence electrons. The number of hydrogen-bond acceptors (Lipinski definition) is 3. The van der Waals surface area contributed by atoms with Crippen molar-refractivity contribution in [2.24, 2.45) is 13.0 Å². The van der Waals surface area contributed by atoms with E-state index < -0.39 is 0 Å². The van der Waals surface area contributed by atoms with Crippen LogP contribution in [0.1, 0.15) is 18.4 Å². The zero-order chi connectivity index (χ0) is 12.3. The van der Waals surface area contributed by atoms with Gasteiger partial charge in [-0.2, -0.15) is 5.10 Å². The Bertz CT molecular complexity index is 382. The van der Waals surface area contributed by atoms with Crippen LogP contribution in [0.15, 0.2) is 12.4 Å². The number of aryl methyl sites for hydroxylation is 1. The molecule has 0 aromatic carbocycles. The van der Waals surface area contributed by atoms with Crippen molar-refractivity contribution < 1.29 is 4.79 Å². The number of carbonyl (C=O) groups excluding carboxylic acids is 1. The van der Waals surface area contributed by atoms with Crippen molar-refractivity contribution in [2.45, 2.75) is 19.4 Å². The first-order chi connectivity index (χ1) is 8.16. The van der Waals surface area contributed by atoms with Crippen LogP contribution in [0.5, 0.6) is 0 Å². The van der Waals surface area contributed by atoms with E-state index >= 15 is 0 Å². The van der Waals surface area contributed by atoms with E-state index in [0.29, 0.717) is 6.54 Å². The van der Waals surface area contributed by atoms with Crippen molar-refractivity contribution in [1.82, 2.24) is 20.0 Å². The maximum absolute atomic E-state index is 12.2. The summed E-state index contributed by atoms with van der Waals surface area (Å²) in [5.41, 5.74) is 1.08. The second-order valence-electron chi connectivity index (χ2n) is 4.76. The second kappa shape index (κ2) is 5.31. The Balaban J connectivity index is 1.90. The van der Waals surface area contributed by atoms with Gasteiger partial charge in [-0.3, -0.25) is 9.48 Å². The van der Waals surface area contributed by atoms with Gasteiger partial charge in [-0.15, -0.1) is 0 Å². The van der Waals surface area contributed by atoms with Crippen molar-refractivity contribution >= 4 is 5.91 Å². The highest BCUT2D eigenvalue weighted by Crippen LogP contribution is 2.14. The van der Waals surface area contributed by atoms with E-state index in [2.05, 4.69) is 10.4 Å². The minimum Gasteiger partial charge on any atom is -0.341 e. The van der Waals surface area contributed by atoms with Crippen LogP contribution in [0, 0.1) is 5.92 Å². The van der Waals surface area contributed by atoms with Gasteiger partial charge in [0.05, 0.1) is 12.1 Å². The molecule has 2 rings (SSSR count). The van der Waals surface area contributed by atoms with Crippen LogP contribution in [0.25, 0.3) is 0 Å². The molecular weight excluding hydrogens is 216 g/mol. The molecule has 17 heavy (non-hydrogen) atoms. The molecule has 1 unspecified atom stereocenters. The highest BCUT2D eigenvalue weighted by atomic mass is 16.2. The zero-order valence-electron chi connectivity index (χ0n) is 10.5. The molecule has 1 aliphatic rings. The van der Waals surface area contributed by atoms with Gasteiger partial charge in [0.1, 0.15) is 0 Å². The maximum atomic E-state index is 12.2. The summed E-state index contributed by atoms with van der Waals surface area (Å²) in [5.74, 6) is 0.381. The Kier molecular flexibility index (Phi) is 3.78. The molecule has 1 amide bonds. The molecule has 1 saturated heterocycles. The normalized spacial score (nSPS) is 20.2. The highest BCUT2D eigenvalue weighted by molar-refractivity contribution is 5.78. The van der Waals surface area contributed by atoms with E-state index in [1.54, 1.807) is 9.58 Å². The molecule has 1 atom stereocenters. The predicted molar refractivity (Wildman–Crippen MR) is 65.3 cm³/mol. The van der Waals surface area contributed by atoms with Gasteiger partial charge in [-0.1, -0.05) is 0 Å². The SMILES string of the molecule is CN(Cc1cnn(C)c1)C(=O)C1CCCNC1. The number of piperidine rings is 1. The van der Waals surface area contributed by atoms with Crippen LogP contribution in [0.4, 0.5) is 0 Å². The predicted octanol–water partition coefficient (Wildman–Crippen LogP) is 0.378. The summed E-state index contributed by atoms with van der Waals surface area (Å²) >= 11 is 0. The molecule has 0 bridgehead atoms. The first kappa shape index (κ1) is 12.1. The average Bonchev–Trinajstić information content (AvgIpc) is 2.75. The number of aromatic nitrogens is 2. The van der Waals surface area contributed by atoms with Crippen LogP contribution < -0.4 is 5.32 Å². The first-order valence-electron chi connectivity index (χ1n) is 6.10.